The monoisotopic (exact) mass is 338 g/mol. The average Bonchev–Trinajstić information content (AvgIpc) is 3.06. The van der Waals surface area contributed by atoms with Crippen molar-refractivity contribution in [3.8, 4) is 0 Å². The van der Waals surface area contributed by atoms with Crippen LogP contribution in [0.4, 0.5) is 0 Å². The number of ether oxygens (including phenoxy) is 2. The van der Waals surface area contributed by atoms with Crippen LogP contribution in [0.2, 0.25) is 19.1 Å². The molecule has 0 unspecified atom stereocenters. The van der Waals surface area contributed by atoms with Crippen molar-refractivity contribution in [2.75, 3.05) is 6.61 Å². The Kier molecular flexibility index (Phi) is 3.71. The van der Waals surface area contributed by atoms with Crippen LogP contribution >= 0.6 is 0 Å². The lowest BCUT2D eigenvalue weighted by Gasteiger charge is -2.38. The molecule has 2 heterocycles. The van der Waals surface area contributed by atoms with E-state index in [9.17, 15) is 0 Å². The molecule has 0 spiro atoms. The van der Waals surface area contributed by atoms with E-state index >= 15 is 0 Å². The van der Waals surface area contributed by atoms with Crippen LogP contribution in [0.3, 0.4) is 0 Å². The fourth-order valence-electron chi connectivity index (χ4n) is 4.65. The molecule has 2 fully saturated rings. The van der Waals surface area contributed by atoms with Gasteiger partial charge in [0.15, 0.2) is 5.79 Å². The lowest BCUT2D eigenvalue weighted by molar-refractivity contribution is -0.136. The number of fused-ring (bicyclic) bond motifs is 2. The molecule has 0 radical (unpaired) electrons. The molecule has 24 heavy (non-hydrogen) atoms. The molecule has 2 saturated heterocycles. The third kappa shape index (κ3) is 2.65. The van der Waals surface area contributed by atoms with Crippen molar-refractivity contribution in [3.63, 3.8) is 0 Å². The molecule has 0 amide bonds. The average molecular weight is 339 g/mol. The molecule has 0 N–H and O–H groups in total. The standard InChI is InChI=1S/C21H26O2Si/c1-20-14-19(17-10-6-4-7-11-17)21(23-20,15-22-20)16-24(2,3)18-12-8-5-9-13-18/h4-13,19H,14-16H2,1-3H3/t19-,20+,21-/m0/s1. The molecule has 126 valence electrons. The van der Waals surface area contributed by atoms with Gasteiger partial charge < -0.3 is 9.47 Å². The van der Waals surface area contributed by atoms with Gasteiger partial charge in [0.25, 0.3) is 0 Å². The molecule has 0 saturated carbocycles. The second-order valence-corrected chi connectivity index (χ2v) is 12.9. The third-order valence-electron chi connectivity index (χ3n) is 5.75. The summed E-state index contributed by atoms with van der Waals surface area (Å²) in [6, 6.07) is 22.9. The fraction of sp³-hybridized carbons (Fsp3) is 0.429. The number of hydrogen-bond donors (Lipinski definition) is 0. The highest BCUT2D eigenvalue weighted by Crippen LogP contribution is 2.56. The van der Waals surface area contributed by atoms with E-state index in [2.05, 4.69) is 80.7 Å². The van der Waals surface area contributed by atoms with Crippen LogP contribution in [0, 0.1) is 0 Å². The first-order valence-electron chi connectivity index (χ1n) is 8.87. The number of benzene rings is 2. The zero-order valence-electron chi connectivity index (χ0n) is 14.8. The highest BCUT2D eigenvalue weighted by atomic mass is 28.3. The summed E-state index contributed by atoms with van der Waals surface area (Å²) in [4.78, 5) is 0. The van der Waals surface area contributed by atoms with Crippen LogP contribution in [0.1, 0.15) is 24.8 Å². The quantitative estimate of drug-likeness (QED) is 0.774. The second kappa shape index (κ2) is 5.55. The van der Waals surface area contributed by atoms with E-state index in [0.29, 0.717) is 12.5 Å². The minimum absolute atomic E-state index is 0.179. The highest BCUT2D eigenvalue weighted by Gasteiger charge is 2.62. The zero-order chi connectivity index (χ0) is 16.8. The van der Waals surface area contributed by atoms with Crippen molar-refractivity contribution in [3.05, 3.63) is 66.2 Å². The van der Waals surface area contributed by atoms with Gasteiger partial charge >= 0.3 is 0 Å². The molecule has 2 aliphatic rings. The van der Waals surface area contributed by atoms with Crippen LogP contribution in [0.25, 0.3) is 0 Å². The van der Waals surface area contributed by atoms with Gasteiger partial charge in [-0.1, -0.05) is 78.9 Å². The van der Waals surface area contributed by atoms with Crippen molar-refractivity contribution < 1.29 is 9.47 Å². The first-order valence-corrected chi connectivity index (χ1v) is 12.1. The topological polar surface area (TPSA) is 18.5 Å². The van der Waals surface area contributed by atoms with Crippen LogP contribution in [-0.4, -0.2) is 26.1 Å². The van der Waals surface area contributed by atoms with Gasteiger partial charge in [-0.3, -0.25) is 0 Å². The predicted molar refractivity (Wildman–Crippen MR) is 100 cm³/mol. The van der Waals surface area contributed by atoms with Crippen LogP contribution < -0.4 is 5.19 Å². The van der Waals surface area contributed by atoms with Gasteiger partial charge in [-0.25, -0.2) is 0 Å². The van der Waals surface area contributed by atoms with Gasteiger partial charge in [-0.05, 0) is 18.5 Å². The molecule has 3 atom stereocenters. The summed E-state index contributed by atoms with van der Waals surface area (Å²) in [5, 5.41) is 1.50. The van der Waals surface area contributed by atoms with E-state index in [1.807, 2.05) is 0 Å². The van der Waals surface area contributed by atoms with Gasteiger partial charge in [-0.2, -0.15) is 0 Å². The Balaban J connectivity index is 1.69. The zero-order valence-corrected chi connectivity index (χ0v) is 15.8. The predicted octanol–water partition coefficient (Wildman–Crippen LogP) is 4.29. The van der Waals surface area contributed by atoms with E-state index < -0.39 is 13.9 Å². The highest BCUT2D eigenvalue weighted by molar-refractivity contribution is 6.90. The van der Waals surface area contributed by atoms with Crippen molar-refractivity contribution in [2.45, 2.75) is 49.8 Å². The smallest absolute Gasteiger partial charge is 0.167 e. The lowest BCUT2D eigenvalue weighted by atomic mass is 9.81. The first kappa shape index (κ1) is 16.1. The summed E-state index contributed by atoms with van der Waals surface area (Å²) in [6.07, 6.45) is 0.955. The Bertz CT molecular complexity index is 715. The van der Waals surface area contributed by atoms with E-state index in [-0.39, 0.29) is 5.60 Å². The van der Waals surface area contributed by atoms with Crippen molar-refractivity contribution in [1.29, 1.82) is 0 Å². The molecular weight excluding hydrogens is 312 g/mol. The minimum atomic E-state index is -1.62. The molecule has 2 bridgehead atoms. The maximum Gasteiger partial charge on any atom is 0.167 e. The van der Waals surface area contributed by atoms with Gasteiger partial charge in [0.2, 0.25) is 0 Å². The van der Waals surface area contributed by atoms with Crippen LogP contribution in [0.5, 0.6) is 0 Å². The van der Waals surface area contributed by atoms with Crippen LogP contribution in [-0.2, 0) is 9.47 Å². The molecule has 0 aromatic heterocycles. The van der Waals surface area contributed by atoms with E-state index in [1.54, 1.807) is 0 Å². The molecule has 2 aliphatic heterocycles. The summed E-state index contributed by atoms with van der Waals surface area (Å²) < 4.78 is 12.7. The summed E-state index contributed by atoms with van der Waals surface area (Å²) in [7, 11) is -1.62. The molecular formula is C21H26O2Si. The Labute approximate surface area is 145 Å². The Morgan fingerprint density at radius 2 is 1.62 bits per heavy atom. The lowest BCUT2D eigenvalue weighted by Crippen LogP contribution is -2.51. The molecule has 0 aliphatic carbocycles. The summed E-state index contributed by atoms with van der Waals surface area (Å²) in [5.41, 5.74) is 1.21. The van der Waals surface area contributed by atoms with Crippen LogP contribution in [0.15, 0.2) is 60.7 Å². The van der Waals surface area contributed by atoms with Gasteiger partial charge in [0.05, 0.1) is 20.3 Å². The minimum Gasteiger partial charge on any atom is -0.347 e. The number of hydrogen-bond acceptors (Lipinski definition) is 2. The van der Waals surface area contributed by atoms with E-state index in [4.69, 9.17) is 9.47 Å². The Morgan fingerprint density at radius 1 is 1.00 bits per heavy atom. The molecule has 2 aromatic rings. The molecule has 3 heteroatoms. The third-order valence-corrected chi connectivity index (χ3v) is 9.13. The number of rotatable bonds is 4. The van der Waals surface area contributed by atoms with Gasteiger partial charge in [0.1, 0.15) is 0 Å². The second-order valence-electron chi connectivity index (χ2n) is 8.18. The summed E-state index contributed by atoms with van der Waals surface area (Å²) in [5.74, 6) is 0.00901. The SMILES string of the molecule is C[C@@]12C[C@@H](c3ccccc3)[C@@](C[Si](C)(C)c3ccccc3)(CO1)O2. The van der Waals surface area contributed by atoms with Gasteiger partial charge in [-0.15, -0.1) is 0 Å². The largest absolute Gasteiger partial charge is 0.347 e. The van der Waals surface area contributed by atoms with E-state index in [1.165, 1.54) is 10.8 Å². The van der Waals surface area contributed by atoms with Crippen molar-refractivity contribution in [1.82, 2.24) is 0 Å². The summed E-state index contributed by atoms with van der Waals surface area (Å²) >= 11 is 0. The Hall–Kier alpha value is -1.42. The fourth-order valence-corrected chi connectivity index (χ4v) is 7.87. The molecule has 2 nitrogen and oxygen atoms in total. The van der Waals surface area contributed by atoms with Crippen molar-refractivity contribution in [2.24, 2.45) is 0 Å². The van der Waals surface area contributed by atoms with Crippen molar-refractivity contribution >= 4 is 13.3 Å². The first-order chi connectivity index (χ1) is 11.4. The maximum atomic E-state index is 6.58. The van der Waals surface area contributed by atoms with Gasteiger partial charge in [0, 0.05) is 12.3 Å². The maximum absolute atomic E-state index is 6.58. The Morgan fingerprint density at radius 3 is 2.25 bits per heavy atom. The van der Waals surface area contributed by atoms with E-state index in [0.717, 1.165) is 12.5 Å². The molecule has 4 rings (SSSR count). The normalized spacial score (nSPS) is 32.2. The molecule has 2 aromatic carbocycles. The summed E-state index contributed by atoms with van der Waals surface area (Å²) in [6.45, 7) is 7.73.